The molecule has 7 nitrogen and oxygen atoms in total. The van der Waals surface area contributed by atoms with E-state index in [1.54, 1.807) is 6.07 Å². The Labute approximate surface area is 158 Å². The molecule has 0 radical (unpaired) electrons. The number of carbonyl (C=O) groups is 2. The summed E-state index contributed by atoms with van der Waals surface area (Å²) in [5.41, 5.74) is 2.78. The van der Waals surface area contributed by atoms with Crippen molar-refractivity contribution in [3.8, 4) is 0 Å². The zero-order valence-electron chi connectivity index (χ0n) is 15.3. The molecule has 0 spiro atoms. The molecular formula is C20H25N3O4. The van der Waals surface area contributed by atoms with Gasteiger partial charge in [-0.3, -0.25) is 14.5 Å². The first-order chi connectivity index (χ1) is 13.2. The van der Waals surface area contributed by atoms with Gasteiger partial charge >= 0.3 is 0 Å². The van der Waals surface area contributed by atoms with Gasteiger partial charge in [0.05, 0.1) is 25.0 Å². The maximum atomic E-state index is 12.1. The van der Waals surface area contributed by atoms with E-state index in [-0.39, 0.29) is 24.8 Å². The third-order valence-corrected chi connectivity index (χ3v) is 4.51. The van der Waals surface area contributed by atoms with Gasteiger partial charge in [-0.2, -0.15) is 0 Å². The van der Waals surface area contributed by atoms with Gasteiger partial charge in [0.15, 0.2) is 0 Å². The number of ether oxygens (including phenoxy) is 1. The van der Waals surface area contributed by atoms with Gasteiger partial charge < -0.3 is 19.8 Å². The highest BCUT2D eigenvalue weighted by atomic mass is 16.5. The van der Waals surface area contributed by atoms with Crippen LogP contribution >= 0.6 is 0 Å². The molecule has 2 heterocycles. The normalized spacial score (nSPS) is 14.7. The summed E-state index contributed by atoms with van der Waals surface area (Å²) in [5, 5.41) is 5.63. The lowest BCUT2D eigenvalue weighted by Crippen LogP contribution is -2.36. The van der Waals surface area contributed by atoms with Gasteiger partial charge in [0.1, 0.15) is 6.26 Å². The van der Waals surface area contributed by atoms with Crippen LogP contribution in [-0.2, 0) is 22.6 Å². The van der Waals surface area contributed by atoms with Crippen molar-refractivity contribution in [2.24, 2.45) is 0 Å². The molecule has 1 saturated heterocycles. The highest BCUT2D eigenvalue weighted by Gasteiger charge is 2.13. The lowest BCUT2D eigenvalue weighted by Gasteiger charge is -2.27. The van der Waals surface area contributed by atoms with E-state index in [0.29, 0.717) is 12.1 Å². The van der Waals surface area contributed by atoms with Crippen molar-refractivity contribution in [2.45, 2.75) is 19.5 Å². The number of nitrogens with one attached hydrogen (secondary N) is 2. The summed E-state index contributed by atoms with van der Waals surface area (Å²) in [6.45, 7) is 5.01. The Balaban J connectivity index is 1.42. The SMILES string of the molecule is O=C(CCNC(=O)c1ccoc1)NCc1ccccc1CN1CCOCC1. The molecule has 0 aliphatic carbocycles. The van der Waals surface area contributed by atoms with Crippen LogP contribution in [0.25, 0.3) is 0 Å². The van der Waals surface area contributed by atoms with E-state index < -0.39 is 0 Å². The molecule has 2 aromatic rings. The monoisotopic (exact) mass is 371 g/mol. The second kappa shape index (κ2) is 9.89. The van der Waals surface area contributed by atoms with Crippen LogP contribution in [0.1, 0.15) is 27.9 Å². The van der Waals surface area contributed by atoms with Gasteiger partial charge in [-0.05, 0) is 17.2 Å². The molecule has 1 aromatic carbocycles. The van der Waals surface area contributed by atoms with Gasteiger partial charge in [0.2, 0.25) is 5.91 Å². The summed E-state index contributed by atoms with van der Waals surface area (Å²) >= 11 is 0. The van der Waals surface area contributed by atoms with Crippen LogP contribution in [-0.4, -0.2) is 49.6 Å². The molecule has 2 amide bonds. The number of furan rings is 1. The molecule has 3 rings (SSSR count). The quantitative estimate of drug-likeness (QED) is 0.736. The molecule has 1 aliphatic rings. The van der Waals surface area contributed by atoms with Crippen LogP contribution in [0.3, 0.4) is 0 Å². The molecule has 7 heteroatoms. The van der Waals surface area contributed by atoms with Crippen LogP contribution in [0.2, 0.25) is 0 Å². The Morgan fingerprint density at radius 1 is 1.04 bits per heavy atom. The van der Waals surface area contributed by atoms with E-state index in [0.717, 1.165) is 38.4 Å². The molecule has 0 atom stereocenters. The predicted octanol–water partition coefficient (Wildman–Crippen LogP) is 1.55. The molecule has 0 saturated carbocycles. The van der Waals surface area contributed by atoms with E-state index in [2.05, 4.69) is 21.6 Å². The molecule has 1 fully saturated rings. The fourth-order valence-corrected chi connectivity index (χ4v) is 2.95. The summed E-state index contributed by atoms with van der Waals surface area (Å²) in [5.74, 6) is -0.337. The van der Waals surface area contributed by atoms with Crippen molar-refractivity contribution >= 4 is 11.8 Å². The predicted molar refractivity (Wildman–Crippen MR) is 100 cm³/mol. The van der Waals surface area contributed by atoms with Crippen molar-refractivity contribution in [2.75, 3.05) is 32.8 Å². The van der Waals surface area contributed by atoms with E-state index in [1.807, 2.05) is 18.2 Å². The fourth-order valence-electron chi connectivity index (χ4n) is 2.95. The Hall–Kier alpha value is -2.64. The maximum Gasteiger partial charge on any atom is 0.254 e. The first kappa shape index (κ1) is 19.1. The zero-order chi connectivity index (χ0) is 18.9. The van der Waals surface area contributed by atoms with E-state index in [1.165, 1.54) is 18.1 Å². The van der Waals surface area contributed by atoms with Gasteiger partial charge in [-0.15, -0.1) is 0 Å². The standard InChI is InChI=1S/C20H25N3O4/c24-19(5-7-21-20(25)18-6-10-27-15-18)22-13-16-3-1-2-4-17(16)14-23-8-11-26-12-9-23/h1-4,6,10,15H,5,7-9,11-14H2,(H,21,25)(H,22,24). The molecule has 27 heavy (non-hydrogen) atoms. The van der Waals surface area contributed by atoms with Crippen LogP contribution in [0.4, 0.5) is 0 Å². The highest BCUT2D eigenvalue weighted by Crippen LogP contribution is 2.13. The minimum absolute atomic E-state index is 0.0938. The number of hydrogen-bond donors (Lipinski definition) is 2. The number of carbonyl (C=O) groups excluding carboxylic acids is 2. The van der Waals surface area contributed by atoms with E-state index in [9.17, 15) is 9.59 Å². The number of amides is 2. The number of hydrogen-bond acceptors (Lipinski definition) is 5. The molecule has 0 bridgehead atoms. The number of morpholine rings is 1. The Morgan fingerprint density at radius 2 is 1.81 bits per heavy atom. The summed E-state index contributed by atoms with van der Waals surface area (Å²) in [6, 6.07) is 9.72. The fraction of sp³-hybridized carbons (Fsp3) is 0.400. The summed E-state index contributed by atoms with van der Waals surface area (Å²) in [6.07, 6.45) is 3.05. The Morgan fingerprint density at radius 3 is 2.56 bits per heavy atom. The van der Waals surface area contributed by atoms with Crippen LogP contribution < -0.4 is 10.6 Å². The average Bonchev–Trinajstić information content (AvgIpc) is 3.23. The number of nitrogens with zero attached hydrogens (tertiary/aromatic N) is 1. The number of benzene rings is 1. The molecule has 2 N–H and O–H groups in total. The smallest absolute Gasteiger partial charge is 0.254 e. The average molecular weight is 371 g/mol. The second-order valence-corrected chi connectivity index (χ2v) is 6.45. The van der Waals surface area contributed by atoms with Crippen LogP contribution in [0.5, 0.6) is 0 Å². The summed E-state index contributed by atoms with van der Waals surface area (Å²) in [4.78, 5) is 26.2. The third kappa shape index (κ3) is 5.94. The molecule has 1 aliphatic heterocycles. The topological polar surface area (TPSA) is 83.8 Å². The largest absolute Gasteiger partial charge is 0.472 e. The first-order valence-corrected chi connectivity index (χ1v) is 9.16. The van der Waals surface area contributed by atoms with Crippen molar-refractivity contribution in [3.05, 3.63) is 59.5 Å². The Bertz CT molecular complexity index is 739. The summed E-state index contributed by atoms with van der Waals surface area (Å²) in [7, 11) is 0. The maximum absolute atomic E-state index is 12.1. The molecular weight excluding hydrogens is 346 g/mol. The lowest BCUT2D eigenvalue weighted by molar-refractivity contribution is -0.121. The van der Waals surface area contributed by atoms with Crippen molar-refractivity contribution in [3.63, 3.8) is 0 Å². The minimum atomic E-state index is -0.243. The highest BCUT2D eigenvalue weighted by molar-refractivity contribution is 5.94. The zero-order valence-corrected chi connectivity index (χ0v) is 15.3. The van der Waals surface area contributed by atoms with Crippen LogP contribution in [0, 0.1) is 0 Å². The lowest BCUT2D eigenvalue weighted by atomic mass is 10.1. The summed E-state index contributed by atoms with van der Waals surface area (Å²) < 4.78 is 10.3. The second-order valence-electron chi connectivity index (χ2n) is 6.45. The molecule has 144 valence electrons. The first-order valence-electron chi connectivity index (χ1n) is 9.16. The van der Waals surface area contributed by atoms with Gasteiger partial charge in [-0.1, -0.05) is 24.3 Å². The van der Waals surface area contributed by atoms with E-state index in [4.69, 9.17) is 9.15 Å². The van der Waals surface area contributed by atoms with Gasteiger partial charge in [-0.25, -0.2) is 0 Å². The van der Waals surface area contributed by atoms with Gasteiger partial charge in [0.25, 0.3) is 5.91 Å². The molecule has 0 unspecified atom stereocenters. The van der Waals surface area contributed by atoms with Crippen molar-refractivity contribution < 1.29 is 18.7 Å². The van der Waals surface area contributed by atoms with E-state index >= 15 is 0 Å². The van der Waals surface area contributed by atoms with Gasteiger partial charge in [0, 0.05) is 39.1 Å². The number of rotatable bonds is 8. The van der Waals surface area contributed by atoms with Crippen LogP contribution in [0.15, 0.2) is 47.3 Å². The minimum Gasteiger partial charge on any atom is -0.472 e. The van der Waals surface area contributed by atoms with Crippen molar-refractivity contribution in [1.29, 1.82) is 0 Å². The third-order valence-electron chi connectivity index (χ3n) is 4.51. The Kier molecular flexibility index (Phi) is 7.01. The van der Waals surface area contributed by atoms with Crippen molar-refractivity contribution in [1.82, 2.24) is 15.5 Å². The molecule has 1 aromatic heterocycles.